The van der Waals surface area contributed by atoms with Crippen molar-refractivity contribution in [2.24, 2.45) is 0 Å². The van der Waals surface area contributed by atoms with Crippen LogP contribution in [-0.4, -0.2) is 23.0 Å². The number of nitro benzene ring substituents is 1. The first kappa shape index (κ1) is 19.5. The Bertz CT molecular complexity index is 969. The van der Waals surface area contributed by atoms with Gasteiger partial charge in [-0.3, -0.25) is 14.9 Å². The van der Waals surface area contributed by atoms with Gasteiger partial charge < -0.3 is 15.2 Å². The summed E-state index contributed by atoms with van der Waals surface area (Å²) < 4.78 is 4.91. The van der Waals surface area contributed by atoms with Crippen LogP contribution in [0.3, 0.4) is 0 Å². The lowest BCUT2D eigenvalue weighted by Gasteiger charge is -2.11. The summed E-state index contributed by atoms with van der Waals surface area (Å²) in [5, 5.41) is 32.9. The summed E-state index contributed by atoms with van der Waals surface area (Å²) in [5.74, 6) is -1.41. The summed E-state index contributed by atoms with van der Waals surface area (Å²) in [6.07, 6.45) is 1.19. The van der Waals surface area contributed by atoms with Crippen molar-refractivity contribution in [2.75, 3.05) is 12.4 Å². The van der Waals surface area contributed by atoms with E-state index in [1.165, 1.54) is 19.3 Å². The molecular weight excluding hydrogens is 350 g/mol. The molecule has 2 rings (SSSR count). The SMILES string of the molecule is COc1cc(/C=C(/C#N)C(=O)Nc2c(C)cccc2C)cc([N+](=O)[O-])c1O. The zero-order valence-electron chi connectivity index (χ0n) is 14.9. The van der Waals surface area contributed by atoms with Crippen molar-refractivity contribution < 1.29 is 19.6 Å². The zero-order valence-corrected chi connectivity index (χ0v) is 14.9. The van der Waals surface area contributed by atoms with Crippen molar-refractivity contribution in [3.8, 4) is 17.6 Å². The molecule has 0 saturated heterocycles. The van der Waals surface area contributed by atoms with Crippen LogP contribution in [0.2, 0.25) is 0 Å². The Morgan fingerprint density at radius 2 is 1.96 bits per heavy atom. The fourth-order valence-electron chi connectivity index (χ4n) is 2.50. The van der Waals surface area contributed by atoms with Gasteiger partial charge in [0.25, 0.3) is 5.91 Å². The minimum Gasteiger partial charge on any atom is -0.500 e. The first-order valence-corrected chi connectivity index (χ1v) is 7.83. The van der Waals surface area contributed by atoms with Gasteiger partial charge in [0.2, 0.25) is 5.75 Å². The molecule has 0 aliphatic heterocycles. The lowest BCUT2D eigenvalue weighted by atomic mass is 10.1. The Hall–Kier alpha value is -3.86. The monoisotopic (exact) mass is 367 g/mol. The third kappa shape index (κ3) is 4.22. The standard InChI is InChI=1S/C19H17N3O5/c1-11-5-4-6-12(2)17(11)21-19(24)14(10-20)7-13-8-15(22(25)26)18(23)16(9-13)27-3/h4-9,23H,1-3H3,(H,21,24)/b14-7-. The van der Waals surface area contributed by atoms with E-state index in [2.05, 4.69) is 5.32 Å². The van der Waals surface area contributed by atoms with Gasteiger partial charge in [-0.15, -0.1) is 0 Å². The van der Waals surface area contributed by atoms with E-state index in [0.717, 1.165) is 17.2 Å². The quantitative estimate of drug-likeness (QED) is 0.361. The molecule has 0 aromatic heterocycles. The van der Waals surface area contributed by atoms with Crippen molar-refractivity contribution in [3.05, 3.63) is 62.7 Å². The van der Waals surface area contributed by atoms with Gasteiger partial charge in [-0.2, -0.15) is 5.26 Å². The molecule has 2 aromatic rings. The Kier molecular flexibility index (Phi) is 5.78. The lowest BCUT2D eigenvalue weighted by Crippen LogP contribution is -2.15. The molecule has 0 unspecified atom stereocenters. The number of rotatable bonds is 5. The number of benzene rings is 2. The molecule has 0 radical (unpaired) electrons. The molecule has 0 fully saturated rings. The van der Waals surface area contributed by atoms with Crippen molar-refractivity contribution >= 4 is 23.4 Å². The third-order valence-corrected chi connectivity index (χ3v) is 3.89. The van der Waals surface area contributed by atoms with Crippen molar-refractivity contribution in [1.29, 1.82) is 5.26 Å². The molecule has 0 aliphatic carbocycles. The second-order valence-electron chi connectivity index (χ2n) is 5.74. The Morgan fingerprint density at radius 3 is 2.48 bits per heavy atom. The molecular formula is C19H17N3O5. The number of hydrogen-bond acceptors (Lipinski definition) is 6. The molecule has 0 saturated carbocycles. The number of ether oxygens (including phenoxy) is 1. The summed E-state index contributed by atoms with van der Waals surface area (Å²) >= 11 is 0. The number of nitrogens with one attached hydrogen (secondary N) is 1. The van der Waals surface area contributed by atoms with E-state index in [4.69, 9.17) is 4.74 Å². The van der Waals surface area contributed by atoms with E-state index in [9.17, 15) is 25.3 Å². The summed E-state index contributed by atoms with van der Waals surface area (Å²) in [7, 11) is 1.24. The van der Waals surface area contributed by atoms with E-state index in [-0.39, 0.29) is 16.9 Å². The van der Waals surface area contributed by atoms with Crippen LogP contribution in [0.15, 0.2) is 35.9 Å². The number of nitro groups is 1. The third-order valence-electron chi connectivity index (χ3n) is 3.89. The number of carbonyl (C=O) groups is 1. The average Bonchev–Trinajstić information content (AvgIpc) is 2.63. The van der Waals surface area contributed by atoms with Crippen LogP contribution in [0.1, 0.15) is 16.7 Å². The molecule has 8 nitrogen and oxygen atoms in total. The summed E-state index contributed by atoms with van der Waals surface area (Å²) in [5.41, 5.74) is 1.60. The Balaban J connectivity index is 2.44. The average molecular weight is 367 g/mol. The van der Waals surface area contributed by atoms with E-state index < -0.39 is 22.3 Å². The van der Waals surface area contributed by atoms with Crippen molar-refractivity contribution in [2.45, 2.75) is 13.8 Å². The summed E-state index contributed by atoms with van der Waals surface area (Å²) in [6, 6.07) is 9.64. The fraction of sp³-hybridized carbons (Fsp3) is 0.158. The maximum Gasteiger partial charge on any atom is 0.315 e. The normalized spacial score (nSPS) is 10.8. The van der Waals surface area contributed by atoms with Crippen LogP contribution in [0, 0.1) is 35.3 Å². The molecule has 2 N–H and O–H groups in total. The molecule has 27 heavy (non-hydrogen) atoms. The van der Waals surface area contributed by atoms with E-state index in [1.54, 1.807) is 6.07 Å². The fourth-order valence-corrected chi connectivity index (χ4v) is 2.50. The summed E-state index contributed by atoms with van der Waals surface area (Å²) in [4.78, 5) is 22.8. The highest BCUT2D eigenvalue weighted by atomic mass is 16.6. The number of para-hydroxylation sites is 1. The zero-order chi connectivity index (χ0) is 20.1. The number of nitriles is 1. The van der Waals surface area contributed by atoms with Gasteiger partial charge in [0.05, 0.1) is 12.0 Å². The topological polar surface area (TPSA) is 125 Å². The molecule has 8 heteroatoms. The van der Waals surface area contributed by atoms with E-state index in [1.807, 2.05) is 32.0 Å². The van der Waals surface area contributed by atoms with Crippen molar-refractivity contribution in [3.63, 3.8) is 0 Å². The van der Waals surface area contributed by atoms with Crippen LogP contribution in [0.4, 0.5) is 11.4 Å². The molecule has 0 aliphatic rings. The number of anilines is 1. The summed E-state index contributed by atoms with van der Waals surface area (Å²) in [6.45, 7) is 3.65. The first-order chi connectivity index (χ1) is 12.8. The molecule has 0 atom stereocenters. The molecule has 138 valence electrons. The maximum absolute atomic E-state index is 12.5. The largest absolute Gasteiger partial charge is 0.500 e. The van der Waals surface area contributed by atoms with Crippen LogP contribution < -0.4 is 10.1 Å². The number of phenols is 1. The second-order valence-corrected chi connectivity index (χ2v) is 5.74. The predicted molar refractivity (Wildman–Crippen MR) is 99.4 cm³/mol. The molecule has 1 amide bonds. The maximum atomic E-state index is 12.5. The highest BCUT2D eigenvalue weighted by molar-refractivity contribution is 6.10. The van der Waals surface area contributed by atoms with E-state index in [0.29, 0.717) is 5.69 Å². The number of amides is 1. The molecule has 0 spiro atoms. The lowest BCUT2D eigenvalue weighted by molar-refractivity contribution is -0.386. The number of nitrogens with zero attached hydrogens (tertiary/aromatic N) is 2. The Morgan fingerprint density at radius 1 is 1.33 bits per heavy atom. The van der Waals surface area contributed by atoms with Crippen molar-refractivity contribution in [1.82, 2.24) is 0 Å². The van der Waals surface area contributed by atoms with Crippen LogP contribution in [-0.2, 0) is 4.79 Å². The van der Waals surface area contributed by atoms with Gasteiger partial charge in [0.1, 0.15) is 11.6 Å². The predicted octanol–water partition coefficient (Wildman–Crippen LogP) is 3.47. The number of methoxy groups -OCH3 is 1. The molecule has 0 heterocycles. The number of carbonyl (C=O) groups excluding carboxylic acids is 1. The molecule has 2 aromatic carbocycles. The second kappa shape index (κ2) is 8.01. The van der Waals surface area contributed by atoms with Gasteiger partial charge in [0, 0.05) is 11.8 Å². The van der Waals surface area contributed by atoms with E-state index >= 15 is 0 Å². The van der Waals surface area contributed by atoms with Gasteiger partial charge in [-0.25, -0.2) is 0 Å². The van der Waals surface area contributed by atoms with Gasteiger partial charge in [-0.05, 0) is 42.7 Å². The van der Waals surface area contributed by atoms with Crippen LogP contribution >= 0.6 is 0 Å². The minimum absolute atomic E-state index is 0.136. The first-order valence-electron chi connectivity index (χ1n) is 7.83. The number of aromatic hydroxyl groups is 1. The molecule has 0 bridgehead atoms. The highest BCUT2D eigenvalue weighted by Gasteiger charge is 2.20. The van der Waals surface area contributed by atoms with Gasteiger partial charge >= 0.3 is 5.69 Å². The van der Waals surface area contributed by atoms with Gasteiger partial charge in [-0.1, -0.05) is 18.2 Å². The number of hydrogen-bond donors (Lipinski definition) is 2. The van der Waals surface area contributed by atoms with Gasteiger partial charge in [0.15, 0.2) is 5.75 Å². The minimum atomic E-state index is -0.780. The number of aryl methyl sites for hydroxylation is 2. The van der Waals surface area contributed by atoms with Crippen LogP contribution in [0.5, 0.6) is 11.5 Å². The number of phenolic OH excluding ortho intramolecular Hbond substituents is 1. The Labute approximate surface area is 155 Å². The van der Waals surface area contributed by atoms with Crippen LogP contribution in [0.25, 0.3) is 6.08 Å². The smallest absolute Gasteiger partial charge is 0.315 e. The highest BCUT2D eigenvalue weighted by Crippen LogP contribution is 2.37.